The molecule has 3 nitrogen and oxygen atoms in total. The monoisotopic (exact) mass is 185 g/mol. The molecular formula is C5H12ClNO2S. The van der Waals surface area contributed by atoms with Gasteiger partial charge in [0, 0.05) is 0 Å². The zero-order valence-corrected chi connectivity index (χ0v) is 7.45. The summed E-state index contributed by atoms with van der Waals surface area (Å²) >= 11 is 5.42. The molecule has 0 heterocycles. The van der Waals surface area contributed by atoms with Crippen molar-refractivity contribution in [3.63, 3.8) is 0 Å². The Kier molecular flexibility index (Phi) is 4.24. The molecule has 0 spiro atoms. The first-order valence-electron chi connectivity index (χ1n) is 3.14. The van der Waals surface area contributed by atoms with E-state index in [9.17, 15) is 8.42 Å². The van der Waals surface area contributed by atoms with Crippen molar-refractivity contribution in [1.29, 1.82) is 0 Å². The molecule has 1 unspecified atom stereocenters. The van der Waals surface area contributed by atoms with Gasteiger partial charge in [-0.05, 0) is 6.42 Å². The van der Waals surface area contributed by atoms with Gasteiger partial charge in [-0.25, -0.2) is 13.6 Å². The fourth-order valence-corrected chi connectivity index (χ4v) is 1.18. The summed E-state index contributed by atoms with van der Waals surface area (Å²) in [6.07, 6.45) is 2.17. The number of alkyl halides is 1. The fourth-order valence-electron chi connectivity index (χ4n) is 0.529. The molecule has 1 atom stereocenters. The normalized spacial score (nSPS) is 15.1. The topological polar surface area (TPSA) is 60.2 Å². The lowest BCUT2D eigenvalue weighted by Crippen LogP contribution is -2.23. The van der Waals surface area contributed by atoms with Crippen LogP contribution in [0.1, 0.15) is 26.2 Å². The Morgan fingerprint density at radius 2 is 2.10 bits per heavy atom. The minimum Gasteiger partial charge on any atom is -0.227 e. The molecule has 0 aliphatic heterocycles. The molecule has 0 saturated heterocycles. The molecule has 0 radical (unpaired) electrons. The van der Waals surface area contributed by atoms with Crippen molar-refractivity contribution in [2.75, 3.05) is 0 Å². The first kappa shape index (κ1) is 10.2. The van der Waals surface area contributed by atoms with Gasteiger partial charge in [0.25, 0.3) is 0 Å². The first-order valence-corrected chi connectivity index (χ1v) is 5.18. The molecule has 0 aromatic carbocycles. The highest BCUT2D eigenvalue weighted by Crippen LogP contribution is 2.10. The van der Waals surface area contributed by atoms with Crippen LogP contribution < -0.4 is 5.14 Å². The van der Waals surface area contributed by atoms with Crippen LogP contribution in [0.15, 0.2) is 0 Å². The Morgan fingerprint density at radius 3 is 2.40 bits per heavy atom. The molecule has 0 amide bonds. The van der Waals surface area contributed by atoms with Gasteiger partial charge in [-0.1, -0.05) is 19.8 Å². The third-order valence-electron chi connectivity index (χ3n) is 1.14. The Balaban J connectivity index is 3.75. The van der Waals surface area contributed by atoms with Crippen molar-refractivity contribution in [3.05, 3.63) is 0 Å². The summed E-state index contributed by atoms with van der Waals surface area (Å²) in [6, 6.07) is 0. The fraction of sp³-hybridized carbons (Fsp3) is 1.00. The molecule has 0 aromatic rings. The predicted molar refractivity (Wildman–Crippen MR) is 42.3 cm³/mol. The zero-order valence-electron chi connectivity index (χ0n) is 5.88. The van der Waals surface area contributed by atoms with Gasteiger partial charge in [0.15, 0.2) is 0 Å². The molecular weight excluding hydrogens is 174 g/mol. The average molecular weight is 186 g/mol. The van der Waals surface area contributed by atoms with Crippen LogP contribution in [-0.2, 0) is 10.0 Å². The van der Waals surface area contributed by atoms with E-state index in [2.05, 4.69) is 0 Å². The maximum Gasteiger partial charge on any atom is 0.226 e. The number of rotatable bonds is 4. The molecule has 2 N–H and O–H groups in total. The lowest BCUT2D eigenvalue weighted by atomic mass is 10.3. The quantitative estimate of drug-likeness (QED) is 0.666. The van der Waals surface area contributed by atoms with Crippen LogP contribution >= 0.6 is 11.6 Å². The van der Waals surface area contributed by atoms with Crippen molar-refractivity contribution >= 4 is 21.6 Å². The van der Waals surface area contributed by atoms with E-state index >= 15 is 0 Å². The lowest BCUT2D eigenvalue weighted by molar-refractivity contribution is 0.587. The number of halogens is 1. The third-order valence-corrected chi connectivity index (χ3v) is 3.05. The van der Waals surface area contributed by atoms with E-state index in [4.69, 9.17) is 16.7 Å². The second kappa shape index (κ2) is 4.16. The van der Waals surface area contributed by atoms with Crippen LogP contribution in [0.3, 0.4) is 0 Å². The van der Waals surface area contributed by atoms with Crippen LogP contribution in [0.2, 0.25) is 0 Å². The van der Waals surface area contributed by atoms with E-state index in [0.717, 1.165) is 12.8 Å². The van der Waals surface area contributed by atoms with Gasteiger partial charge in [-0.3, -0.25) is 0 Å². The van der Waals surface area contributed by atoms with E-state index in [1.165, 1.54) is 0 Å². The zero-order chi connectivity index (χ0) is 8.20. The van der Waals surface area contributed by atoms with Crippen LogP contribution in [0.5, 0.6) is 0 Å². The van der Waals surface area contributed by atoms with Crippen LogP contribution in [-0.4, -0.2) is 13.1 Å². The summed E-state index contributed by atoms with van der Waals surface area (Å²) in [4.78, 5) is 0. The minimum atomic E-state index is -3.51. The second-order valence-corrected chi connectivity index (χ2v) is 4.67. The summed E-state index contributed by atoms with van der Waals surface area (Å²) in [5.74, 6) is 0. The molecule has 0 aliphatic carbocycles. The van der Waals surface area contributed by atoms with Gasteiger partial charge in [0.1, 0.15) is 4.71 Å². The molecule has 0 bridgehead atoms. The van der Waals surface area contributed by atoms with E-state index in [1.807, 2.05) is 6.92 Å². The van der Waals surface area contributed by atoms with Gasteiger partial charge >= 0.3 is 0 Å². The summed E-state index contributed by atoms with van der Waals surface area (Å²) in [5, 5.41) is 4.76. The van der Waals surface area contributed by atoms with Crippen LogP contribution in [0.25, 0.3) is 0 Å². The smallest absolute Gasteiger partial charge is 0.226 e. The predicted octanol–water partition coefficient (Wildman–Crippen LogP) is 1.03. The molecule has 0 fully saturated rings. The third kappa shape index (κ3) is 4.09. The van der Waals surface area contributed by atoms with Crippen LogP contribution in [0, 0.1) is 0 Å². The van der Waals surface area contributed by atoms with E-state index < -0.39 is 14.7 Å². The first-order chi connectivity index (χ1) is 4.48. The van der Waals surface area contributed by atoms with Gasteiger partial charge in [-0.15, -0.1) is 11.6 Å². The Labute approximate surface area is 66.6 Å². The van der Waals surface area contributed by atoms with E-state index in [-0.39, 0.29) is 0 Å². The summed E-state index contributed by atoms with van der Waals surface area (Å²) in [7, 11) is -3.51. The lowest BCUT2D eigenvalue weighted by Gasteiger charge is -2.03. The molecule has 5 heteroatoms. The summed E-state index contributed by atoms with van der Waals surface area (Å²) in [5.41, 5.74) is 0. The standard InChI is InChI=1S/C5H12ClNO2S/c1-2-3-4-5(6)10(7,8)9/h5H,2-4H2,1H3,(H2,7,8,9). The highest BCUT2D eigenvalue weighted by Gasteiger charge is 2.16. The molecule has 0 rings (SSSR count). The van der Waals surface area contributed by atoms with Gasteiger partial charge in [0.05, 0.1) is 0 Å². The molecule has 10 heavy (non-hydrogen) atoms. The molecule has 0 saturated carbocycles. The highest BCUT2D eigenvalue weighted by atomic mass is 35.5. The maximum atomic E-state index is 10.5. The number of hydrogen-bond acceptors (Lipinski definition) is 2. The largest absolute Gasteiger partial charge is 0.227 e. The van der Waals surface area contributed by atoms with E-state index in [0.29, 0.717) is 6.42 Å². The Morgan fingerprint density at radius 1 is 1.60 bits per heavy atom. The molecule has 62 valence electrons. The minimum absolute atomic E-state index is 0.441. The van der Waals surface area contributed by atoms with Gasteiger partial charge in [-0.2, -0.15) is 0 Å². The maximum absolute atomic E-state index is 10.5. The van der Waals surface area contributed by atoms with Crippen molar-refractivity contribution < 1.29 is 8.42 Å². The van der Waals surface area contributed by atoms with Crippen molar-refractivity contribution in [3.8, 4) is 0 Å². The highest BCUT2D eigenvalue weighted by molar-refractivity contribution is 7.91. The number of hydrogen-bond donors (Lipinski definition) is 1. The number of nitrogens with two attached hydrogens (primary N) is 1. The van der Waals surface area contributed by atoms with E-state index in [1.54, 1.807) is 0 Å². The summed E-state index contributed by atoms with van der Waals surface area (Å²) in [6.45, 7) is 1.97. The SMILES string of the molecule is CCCCC(Cl)S(N)(=O)=O. The molecule has 0 aliphatic rings. The average Bonchev–Trinajstić information content (AvgIpc) is 1.80. The van der Waals surface area contributed by atoms with Gasteiger partial charge < -0.3 is 0 Å². The molecule has 0 aromatic heterocycles. The summed E-state index contributed by atoms with van der Waals surface area (Å²) < 4.78 is 20.1. The number of unbranched alkanes of at least 4 members (excludes halogenated alkanes) is 1. The number of primary sulfonamides is 1. The Hall–Kier alpha value is 0.200. The number of sulfonamides is 1. The second-order valence-electron chi connectivity index (χ2n) is 2.14. The van der Waals surface area contributed by atoms with Gasteiger partial charge in [0.2, 0.25) is 10.0 Å². The van der Waals surface area contributed by atoms with Crippen molar-refractivity contribution in [1.82, 2.24) is 0 Å². The Bertz CT molecular complexity index is 178. The van der Waals surface area contributed by atoms with Crippen LogP contribution in [0.4, 0.5) is 0 Å². The van der Waals surface area contributed by atoms with Crippen molar-refractivity contribution in [2.24, 2.45) is 5.14 Å². The van der Waals surface area contributed by atoms with Crippen molar-refractivity contribution in [2.45, 2.75) is 30.9 Å².